The molecule has 140 valence electrons. The van der Waals surface area contributed by atoms with Gasteiger partial charge in [0.2, 0.25) is 0 Å². The zero-order valence-corrected chi connectivity index (χ0v) is 17.4. The molecule has 4 rings (SSSR count). The molecule has 0 unspecified atom stereocenters. The lowest BCUT2D eigenvalue weighted by Gasteiger charge is -2.34. The van der Waals surface area contributed by atoms with Crippen molar-refractivity contribution >= 4 is 48.5 Å². The number of aromatic nitrogens is 1. The third-order valence-electron chi connectivity index (χ3n) is 4.59. The summed E-state index contributed by atoms with van der Waals surface area (Å²) in [6.45, 7) is 5.05. The third kappa shape index (κ3) is 4.25. The number of carbonyl (C=O) groups excluding carboxylic acids is 1. The fourth-order valence-electron chi connectivity index (χ4n) is 3.11. The molecule has 0 radical (unpaired) electrons. The Bertz CT molecular complexity index is 967. The van der Waals surface area contributed by atoms with E-state index in [1.54, 1.807) is 11.3 Å². The highest BCUT2D eigenvalue weighted by Crippen LogP contribution is 2.31. The van der Waals surface area contributed by atoms with Gasteiger partial charge in [0, 0.05) is 30.7 Å². The van der Waals surface area contributed by atoms with E-state index in [1.165, 1.54) is 4.70 Å². The molecule has 1 aliphatic heterocycles. The molecule has 3 aromatic rings. The van der Waals surface area contributed by atoms with Crippen molar-refractivity contribution < 1.29 is 9.53 Å². The smallest absolute Gasteiger partial charge is 0.260 e. The number of carbonyl (C=O) groups is 1. The van der Waals surface area contributed by atoms with Crippen LogP contribution in [-0.2, 0) is 4.79 Å². The molecule has 7 heteroatoms. The molecule has 0 bridgehead atoms. The summed E-state index contributed by atoms with van der Waals surface area (Å²) in [7, 11) is 0. The molecule has 5 nitrogen and oxygen atoms in total. The van der Waals surface area contributed by atoms with Crippen molar-refractivity contribution in [1.82, 2.24) is 9.88 Å². The summed E-state index contributed by atoms with van der Waals surface area (Å²) in [5.74, 6) is 0.770. The minimum Gasteiger partial charge on any atom is -0.484 e. The number of hydrogen-bond acceptors (Lipinski definition) is 5. The summed E-state index contributed by atoms with van der Waals surface area (Å²) in [6.07, 6.45) is 0. The first-order chi connectivity index (χ1) is 13.1. The fourth-order valence-corrected chi connectivity index (χ4v) is 4.68. The highest BCUT2D eigenvalue weighted by Gasteiger charge is 2.23. The summed E-state index contributed by atoms with van der Waals surface area (Å²) >= 11 is 5.20. The molecular formula is C20H20BrN3O2S. The zero-order valence-electron chi connectivity index (χ0n) is 15.0. The molecule has 2 heterocycles. The number of halogens is 1. The van der Waals surface area contributed by atoms with Gasteiger partial charge in [0.15, 0.2) is 11.7 Å². The van der Waals surface area contributed by atoms with E-state index in [0.717, 1.165) is 39.5 Å². The predicted octanol–water partition coefficient (Wildman–Crippen LogP) is 4.09. The van der Waals surface area contributed by atoms with Crippen LogP contribution < -0.4 is 9.64 Å². The maximum Gasteiger partial charge on any atom is 0.260 e. The van der Waals surface area contributed by atoms with Gasteiger partial charge in [-0.2, -0.15) is 0 Å². The molecule has 1 aliphatic rings. The number of anilines is 1. The first kappa shape index (κ1) is 18.3. The Balaban J connectivity index is 1.33. The Morgan fingerprint density at radius 3 is 2.78 bits per heavy atom. The molecule has 0 spiro atoms. The molecule has 0 aliphatic carbocycles. The van der Waals surface area contributed by atoms with Gasteiger partial charge in [-0.05, 0) is 42.8 Å². The summed E-state index contributed by atoms with van der Waals surface area (Å²) in [5, 5.41) is 1.02. The fraction of sp³-hybridized carbons (Fsp3) is 0.300. The van der Waals surface area contributed by atoms with Gasteiger partial charge in [0.05, 0.1) is 10.2 Å². The largest absolute Gasteiger partial charge is 0.484 e. The van der Waals surface area contributed by atoms with Gasteiger partial charge in [-0.3, -0.25) is 4.79 Å². The highest BCUT2D eigenvalue weighted by atomic mass is 79.9. The minimum absolute atomic E-state index is 0.0318. The lowest BCUT2D eigenvalue weighted by atomic mass is 10.2. The van der Waals surface area contributed by atoms with Gasteiger partial charge < -0.3 is 14.5 Å². The Hall–Kier alpha value is -2.12. The number of thiazole rings is 1. The maximum atomic E-state index is 12.4. The standard InChI is InChI=1S/C20H20BrN3O2S/c1-14-3-2-4-16(11-14)26-13-19(25)23-7-9-24(10-8-23)20-22-17-6-5-15(21)12-18(17)27-20/h2-6,11-12H,7-10,13H2,1H3. The van der Waals surface area contributed by atoms with Crippen LogP contribution in [0, 0.1) is 6.92 Å². The summed E-state index contributed by atoms with van der Waals surface area (Å²) in [6, 6.07) is 13.9. The predicted molar refractivity (Wildman–Crippen MR) is 113 cm³/mol. The van der Waals surface area contributed by atoms with Crippen LogP contribution in [0.2, 0.25) is 0 Å². The molecule has 1 aromatic heterocycles. The average Bonchev–Trinajstić information content (AvgIpc) is 3.09. The number of amides is 1. The van der Waals surface area contributed by atoms with Crippen molar-refractivity contribution in [1.29, 1.82) is 0 Å². The van der Waals surface area contributed by atoms with Crippen LogP contribution in [0.25, 0.3) is 10.2 Å². The van der Waals surface area contributed by atoms with E-state index in [1.807, 2.05) is 48.2 Å². The molecule has 1 fully saturated rings. The quantitative estimate of drug-likeness (QED) is 0.606. The minimum atomic E-state index is 0.0318. The van der Waals surface area contributed by atoms with Gasteiger partial charge in [0.25, 0.3) is 5.91 Å². The van der Waals surface area contributed by atoms with Gasteiger partial charge in [-0.1, -0.05) is 39.4 Å². The summed E-state index contributed by atoms with van der Waals surface area (Å²) in [5.41, 5.74) is 2.14. The van der Waals surface area contributed by atoms with Crippen molar-refractivity contribution in [3.63, 3.8) is 0 Å². The van der Waals surface area contributed by atoms with Gasteiger partial charge in [0.1, 0.15) is 5.75 Å². The van der Waals surface area contributed by atoms with Crippen molar-refractivity contribution in [2.75, 3.05) is 37.7 Å². The number of rotatable bonds is 4. The Morgan fingerprint density at radius 2 is 2.00 bits per heavy atom. The summed E-state index contributed by atoms with van der Waals surface area (Å²) in [4.78, 5) is 21.3. The number of nitrogens with zero attached hydrogens (tertiary/aromatic N) is 3. The van der Waals surface area contributed by atoms with E-state index in [4.69, 9.17) is 9.72 Å². The molecule has 1 amide bonds. The van der Waals surface area contributed by atoms with Crippen LogP contribution in [0.4, 0.5) is 5.13 Å². The summed E-state index contributed by atoms with van der Waals surface area (Å²) < 4.78 is 7.88. The van der Waals surface area contributed by atoms with Crippen LogP contribution >= 0.6 is 27.3 Å². The van der Waals surface area contributed by atoms with Gasteiger partial charge in [-0.25, -0.2) is 4.98 Å². The van der Waals surface area contributed by atoms with Crippen LogP contribution in [0.3, 0.4) is 0 Å². The lowest BCUT2D eigenvalue weighted by Crippen LogP contribution is -2.50. The Labute approximate surface area is 170 Å². The van der Waals surface area contributed by atoms with Crippen LogP contribution in [0.5, 0.6) is 5.75 Å². The van der Waals surface area contributed by atoms with E-state index < -0.39 is 0 Å². The second-order valence-corrected chi connectivity index (χ2v) is 8.51. The molecular weight excluding hydrogens is 426 g/mol. The molecule has 2 aromatic carbocycles. The first-order valence-electron chi connectivity index (χ1n) is 8.87. The zero-order chi connectivity index (χ0) is 18.8. The van der Waals surface area contributed by atoms with Gasteiger partial charge >= 0.3 is 0 Å². The maximum absolute atomic E-state index is 12.4. The van der Waals surface area contributed by atoms with Crippen LogP contribution in [0.15, 0.2) is 46.9 Å². The van der Waals surface area contributed by atoms with Crippen molar-refractivity contribution in [2.45, 2.75) is 6.92 Å². The van der Waals surface area contributed by atoms with Crippen molar-refractivity contribution in [2.24, 2.45) is 0 Å². The monoisotopic (exact) mass is 445 g/mol. The van der Waals surface area contributed by atoms with E-state index in [-0.39, 0.29) is 12.5 Å². The first-order valence-corrected chi connectivity index (χ1v) is 10.5. The van der Waals surface area contributed by atoms with Crippen LogP contribution in [-0.4, -0.2) is 48.6 Å². The lowest BCUT2D eigenvalue weighted by molar-refractivity contribution is -0.133. The number of benzene rings is 2. The number of hydrogen-bond donors (Lipinski definition) is 0. The third-order valence-corrected chi connectivity index (χ3v) is 6.17. The number of piperazine rings is 1. The SMILES string of the molecule is Cc1cccc(OCC(=O)N2CCN(c3nc4ccc(Br)cc4s3)CC2)c1. The van der Waals surface area contributed by atoms with Crippen LogP contribution in [0.1, 0.15) is 5.56 Å². The molecule has 27 heavy (non-hydrogen) atoms. The van der Waals surface area contributed by atoms with Crippen molar-refractivity contribution in [3.8, 4) is 5.75 Å². The topological polar surface area (TPSA) is 45.7 Å². The second-order valence-electron chi connectivity index (χ2n) is 6.58. The number of ether oxygens (including phenoxy) is 1. The van der Waals surface area contributed by atoms with E-state index in [0.29, 0.717) is 13.1 Å². The van der Waals surface area contributed by atoms with Gasteiger partial charge in [-0.15, -0.1) is 0 Å². The van der Waals surface area contributed by atoms with Crippen molar-refractivity contribution in [3.05, 3.63) is 52.5 Å². The highest BCUT2D eigenvalue weighted by molar-refractivity contribution is 9.10. The molecule has 1 saturated heterocycles. The Morgan fingerprint density at radius 1 is 1.19 bits per heavy atom. The average molecular weight is 446 g/mol. The normalized spacial score (nSPS) is 14.6. The van der Waals surface area contributed by atoms with E-state index in [2.05, 4.69) is 26.9 Å². The van der Waals surface area contributed by atoms with E-state index in [9.17, 15) is 4.79 Å². The number of fused-ring (bicyclic) bond motifs is 1. The number of aryl methyl sites for hydroxylation is 1. The van der Waals surface area contributed by atoms with E-state index >= 15 is 0 Å². The second kappa shape index (κ2) is 7.86. The molecule has 0 saturated carbocycles. The Kier molecular flexibility index (Phi) is 5.31. The molecule has 0 atom stereocenters. The molecule has 0 N–H and O–H groups in total.